The number of halogens is 1. The second-order valence-corrected chi connectivity index (χ2v) is 8.35. The topological polar surface area (TPSA) is 90.0 Å². The van der Waals surface area contributed by atoms with E-state index in [1.165, 1.54) is 0 Å². The van der Waals surface area contributed by atoms with Gasteiger partial charge in [0.05, 0.1) is 12.0 Å². The number of carbonyl (C=O) groups excluding carboxylic acids is 2. The Hall–Kier alpha value is -2.16. The number of hydrogen-bond donors (Lipinski definition) is 0. The first-order valence-electron chi connectivity index (χ1n) is 8.94. The van der Waals surface area contributed by atoms with Crippen LogP contribution in [-0.4, -0.2) is 37.4 Å². The van der Waals surface area contributed by atoms with Gasteiger partial charge in [0.15, 0.2) is 0 Å². The van der Waals surface area contributed by atoms with Crippen LogP contribution >= 0.6 is 0 Å². The van der Waals surface area contributed by atoms with Gasteiger partial charge >= 0.3 is 22.5 Å². The van der Waals surface area contributed by atoms with Crippen LogP contribution < -0.4 is 0 Å². The molecule has 7 nitrogen and oxygen atoms in total. The Balaban J connectivity index is 1.65. The molecule has 1 aromatic carbocycles. The number of carbonyl (C=O) groups is 2. The minimum Gasteiger partial charge on any atom is -0.460 e. The van der Waals surface area contributed by atoms with Crippen LogP contribution in [0.15, 0.2) is 30.3 Å². The number of amides is 1. The highest BCUT2D eigenvalue weighted by Gasteiger charge is 2.50. The van der Waals surface area contributed by atoms with Crippen LogP contribution in [0.25, 0.3) is 0 Å². The Kier molecular flexibility index (Phi) is 5.69. The van der Waals surface area contributed by atoms with Gasteiger partial charge in [0, 0.05) is 6.42 Å². The maximum absolute atomic E-state index is 13.7. The quantitative estimate of drug-likeness (QED) is 0.558. The van der Waals surface area contributed by atoms with Gasteiger partial charge in [-0.2, -0.15) is 12.7 Å². The summed E-state index contributed by atoms with van der Waals surface area (Å²) in [5, 5.41) is 0. The normalized spacial score (nSPS) is 21.7. The van der Waals surface area contributed by atoms with Gasteiger partial charge in [0.2, 0.25) is 0 Å². The zero-order valence-electron chi connectivity index (χ0n) is 14.8. The number of nitrogens with zero attached hydrogens (tertiary/aromatic N) is 1. The zero-order valence-corrected chi connectivity index (χ0v) is 15.6. The van der Waals surface area contributed by atoms with Crippen LogP contribution in [0, 0.1) is 5.41 Å². The van der Waals surface area contributed by atoms with Crippen molar-refractivity contribution in [3.8, 4) is 0 Å². The van der Waals surface area contributed by atoms with Crippen LogP contribution in [0.2, 0.25) is 0 Å². The van der Waals surface area contributed by atoms with Crippen molar-refractivity contribution in [2.24, 2.45) is 5.41 Å². The fraction of sp³-hybridized carbons (Fsp3) is 0.556. The molecule has 0 unspecified atom stereocenters. The number of hydrogen-bond acceptors (Lipinski definition) is 6. The maximum Gasteiger partial charge on any atom is 0.426 e. The molecule has 1 aromatic rings. The van der Waals surface area contributed by atoms with E-state index in [4.69, 9.17) is 9.47 Å². The van der Waals surface area contributed by atoms with Crippen LogP contribution in [0.5, 0.6) is 0 Å². The van der Waals surface area contributed by atoms with Crippen molar-refractivity contribution in [2.75, 3.05) is 6.54 Å². The van der Waals surface area contributed by atoms with Crippen LogP contribution in [-0.2, 0) is 31.3 Å². The fourth-order valence-electron chi connectivity index (χ4n) is 3.80. The lowest BCUT2D eigenvalue weighted by Crippen LogP contribution is -2.40. The molecule has 1 saturated carbocycles. The number of benzene rings is 1. The molecule has 9 heteroatoms. The molecular weight excluding hydrogens is 377 g/mol. The van der Waals surface area contributed by atoms with E-state index in [1.54, 1.807) is 30.3 Å². The summed E-state index contributed by atoms with van der Waals surface area (Å²) in [4.78, 5) is 24.4. The molecule has 148 valence electrons. The molecule has 1 saturated heterocycles. The van der Waals surface area contributed by atoms with Gasteiger partial charge in [-0.25, -0.2) is 4.79 Å². The lowest BCUT2D eigenvalue weighted by atomic mass is 9.72. The SMILES string of the molecule is O=C(OCc1ccccc1)N(C[C@@H]1CC2(CCCCC2)C(=O)O1)S(=O)(=O)F. The highest BCUT2D eigenvalue weighted by atomic mass is 32.3. The third-order valence-electron chi connectivity index (χ3n) is 5.18. The van der Waals surface area contributed by atoms with Gasteiger partial charge in [-0.1, -0.05) is 53.5 Å². The summed E-state index contributed by atoms with van der Waals surface area (Å²) in [7, 11) is -5.35. The van der Waals surface area contributed by atoms with E-state index in [2.05, 4.69) is 0 Å². The number of ether oxygens (including phenoxy) is 2. The Morgan fingerprint density at radius 3 is 2.52 bits per heavy atom. The Morgan fingerprint density at radius 1 is 1.22 bits per heavy atom. The summed E-state index contributed by atoms with van der Waals surface area (Å²) in [5.74, 6) is -0.388. The molecule has 1 spiro atoms. The van der Waals surface area contributed by atoms with E-state index in [9.17, 15) is 21.9 Å². The third-order valence-corrected chi connectivity index (χ3v) is 6.00. The standard InChI is InChI=1S/C18H22FNO6S/c19-27(23,24)20(17(22)25-13-14-7-3-1-4-8-14)12-15-11-18(16(21)26-15)9-5-2-6-10-18/h1,3-4,7-8,15H,2,5-6,9-13H2/t15-/m0/s1. The van der Waals surface area contributed by atoms with Crippen molar-refractivity contribution in [3.05, 3.63) is 35.9 Å². The number of rotatable bonds is 5. The molecule has 1 aliphatic heterocycles. The predicted octanol–water partition coefficient (Wildman–Crippen LogP) is 3.11. The molecule has 3 rings (SSSR count). The predicted molar refractivity (Wildman–Crippen MR) is 93.4 cm³/mol. The van der Waals surface area contributed by atoms with Crippen molar-refractivity contribution < 1.29 is 31.4 Å². The highest BCUT2D eigenvalue weighted by molar-refractivity contribution is 7.84. The van der Waals surface area contributed by atoms with E-state index < -0.39 is 34.6 Å². The lowest BCUT2D eigenvalue weighted by molar-refractivity contribution is -0.150. The average molecular weight is 399 g/mol. The molecule has 1 heterocycles. The summed E-state index contributed by atoms with van der Waals surface area (Å²) in [6.45, 7) is -0.778. The van der Waals surface area contributed by atoms with Crippen LogP contribution in [0.4, 0.5) is 8.68 Å². The summed E-state index contributed by atoms with van der Waals surface area (Å²) < 4.78 is 46.7. The van der Waals surface area contributed by atoms with Crippen molar-refractivity contribution >= 4 is 22.5 Å². The molecule has 1 aliphatic carbocycles. The molecule has 0 radical (unpaired) electrons. The van der Waals surface area contributed by atoms with E-state index in [0.29, 0.717) is 18.4 Å². The highest BCUT2D eigenvalue weighted by Crippen LogP contribution is 2.46. The van der Waals surface area contributed by atoms with Gasteiger partial charge < -0.3 is 9.47 Å². The monoisotopic (exact) mass is 399 g/mol. The second-order valence-electron chi connectivity index (χ2n) is 7.09. The first-order chi connectivity index (χ1) is 12.8. The minimum atomic E-state index is -5.35. The van der Waals surface area contributed by atoms with Gasteiger partial charge in [-0.05, 0) is 18.4 Å². The van der Waals surface area contributed by atoms with E-state index in [1.807, 2.05) is 0 Å². The van der Waals surface area contributed by atoms with Crippen molar-refractivity contribution in [1.82, 2.24) is 4.31 Å². The zero-order chi connectivity index (χ0) is 19.5. The second kappa shape index (κ2) is 7.84. The Morgan fingerprint density at radius 2 is 1.89 bits per heavy atom. The van der Waals surface area contributed by atoms with E-state index in [0.717, 1.165) is 19.3 Å². The van der Waals surface area contributed by atoms with Gasteiger partial charge in [-0.3, -0.25) is 4.79 Å². The van der Waals surface area contributed by atoms with Crippen molar-refractivity contribution in [3.63, 3.8) is 0 Å². The molecule has 2 aliphatic rings. The number of esters is 1. The van der Waals surface area contributed by atoms with Crippen LogP contribution in [0.3, 0.4) is 0 Å². The Labute approximate surface area is 157 Å². The molecule has 2 fully saturated rings. The van der Waals surface area contributed by atoms with Crippen molar-refractivity contribution in [1.29, 1.82) is 0 Å². The van der Waals surface area contributed by atoms with Crippen molar-refractivity contribution in [2.45, 2.75) is 51.2 Å². The third kappa shape index (κ3) is 4.58. The minimum absolute atomic E-state index is 0.00423. The largest absolute Gasteiger partial charge is 0.460 e. The van der Waals surface area contributed by atoms with Gasteiger partial charge in [0.25, 0.3) is 0 Å². The summed E-state index contributed by atoms with van der Waals surface area (Å²) in [6.07, 6.45) is 2.25. The summed E-state index contributed by atoms with van der Waals surface area (Å²) in [6, 6.07) is 8.61. The first-order valence-corrected chi connectivity index (χ1v) is 10.3. The Bertz CT molecular complexity index is 791. The summed E-state index contributed by atoms with van der Waals surface area (Å²) in [5.41, 5.74) is -0.00157. The van der Waals surface area contributed by atoms with Crippen LogP contribution in [0.1, 0.15) is 44.1 Å². The molecule has 1 amide bonds. The molecule has 27 heavy (non-hydrogen) atoms. The molecule has 0 bridgehead atoms. The average Bonchev–Trinajstić information content (AvgIpc) is 2.93. The molecular formula is C18H22FNO6S. The summed E-state index contributed by atoms with van der Waals surface area (Å²) >= 11 is 0. The lowest BCUT2D eigenvalue weighted by Gasteiger charge is -2.29. The van der Waals surface area contributed by atoms with Gasteiger partial charge in [-0.15, -0.1) is 0 Å². The molecule has 1 atom stereocenters. The van der Waals surface area contributed by atoms with E-state index >= 15 is 0 Å². The fourth-order valence-corrected chi connectivity index (χ4v) is 4.38. The number of cyclic esters (lactones) is 1. The van der Waals surface area contributed by atoms with E-state index in [-0.39, 0.29) is 23.3 Å². The van der Waals surface area contributed by atoms with Gasteiger partial charge in [0.1, 0.15) is 12.7 Å². The maximum atomic E-state index is 13.7. The first kappa shape index (κ1) is 19.6. The molecule has 0 N–H and O–H groups in total. The smallest absolute Gasteiger partial charge is 0.426 e. The molecule has 0 aromatic heterocycles.